The monoisotopic (exact) mass is 209 g/mol. The summed E-state index contributed by atoms with van der Waals surface area (Å²) < 4.78 is 0. The van der Waals surface area contributed by atoms with Crippen molar-refractivity contribution in [3.05, 3.63) is 52.6 Å². The largest absolute Gasteiger partial charge is 0.478 e. The molecule has 0 heterocycles. The third-order valence-corrected chi connectivity index (χ3v) is 1.49. The van der Waals surface area contributed by atoms with E-state index >= 15 is 0 Å². The van der Waals surface area contributed by atoms with Gasteiger partial charge in [-0.1, -0.05) is 24.8 Å². The Kier molecular flexibility index (Phi) is 5.40. The fourth-order valence-electron chi connectivity index (χ4n) is 0.768. The Labute approximate surface area is 86.8 Å². The molecule has 0 aromatic heterocycles. The summed E-state index contributed by atoms with van der Waals surface area (Å²) in [6.45, 7) is 4.68. The van der Waals surface area contributed by atoms with Crippen LogP contribution >= 0.6 is 0 Å². The first-order chi connectivity index (χ1) is 6.99. The normalized spacial score (nSPS) is 8.33. The number of hydrogen-bond donors (Lipinski definition) is 1. The number of nitro benzene ring substituents is 1. The maximum Gasteiger partial charge on any atom is 0.327 e. The summed E-state index contributed by atoms with van der Waals surface area (Å²) in [6, 6.07) is 6.65. The lowest BCUT2D eigenvalue weighted by atomic mass is 10.2. The number of para-hydroxylation sites is 1. The topological polar surface area (TPSA) is 80.4 Å². The second kappa shape index (κ2) is 6.31. The molecule has 0 radical (unpaired) electrons. The van der Waals surface area contributed by atoms with Crippen LogP contribution in [0, 0.1) is 17.0 Å². The number of aryl methyl sites for hydroxylation is 1. The SMILES string of the molecule is C=CC(=O)O.Cc1ccccc1[N+](=O)[O-]. The molecule has 0 saturated heterocycles. The molecule has 1 rings (SSSR count). The van der Waals surface area contributed by atoms with Crippen LogP contribution in [0.3, 0.4) is 0 Å². The molecule has 1 aromatic carbocycles. The van der Waals surface area contributed by atoms with Crippen LogP contribution in [0.2, 0.25) is 0 Å². The Hall–Kier alpha value is -2.17. The van der Waals surface area contributed by atoms with Crippen molar-refractivity contribution in [2.75, 3.05) is 0 Å². The van der Waals surface area contributed by atoms with Gasteiger partial charge in [-0.05, 0) is 6.92 Å². The van der Waals surface area contributed by atoms with Crippen LogP contribution in [-0.4, -0.2) is 16.0 Å². The number of hydrogen-bond acceptors (Lipinski definition) is 3. The van der Waals surface area contributed by atoms with E-state index in [-0.39, 0.29) is 10.6 Å². The van der Waals surface area contributed by atoms with Crippen molar-refractivity contribution in [3.8, 4) is 0 Å². The molecule has 1 N–H and O–H groups in total. The predicted octanol–water partition coefficient (Wildman–Crippen LogP) is 2.16. The molecule has 0 aliphatic rings. The summed E-state index contributed by atoms with van der Waals surface area (Å²) in [7, 11) is 0. The van der Waals surface area contributed by atoms with E-state index in [1.165, 1.54) is 6.07 Å². The van der Waals surface area contributed by atoms with E-state index in [0.717, 1.165) is 6.08 Å². The Morgan fingerprint density at radius 2 is 2.00 bits per heavy atom. The highest BCUT2D eigenvalue weighted by Crippen LogP contribution is 2.14. The first kappa shape index (κ1) is 12.8. The summed E-state index contributed by atoms with van der Waals surface area (Å²) in [4.78, 5) is 19.1. The van der Waals surface area contributed by atoms with Crippen LogP contribution in [0.4, 0.5) is 5.69 Å². The van der Waals surface area contributed by atoms with Gasteiger partial charge < -0.3 is 5.11 Å². The summed E-state index contributed by atoms with van der Waals surface area (Å²) in [5, 5.41) is 17.8. The van der Waals surface area contributed by atoms with E-state index in [0.29, 0.717) is 5.56 Å². The molecule has 5 nitrogen and oxygen atoms in total. The smallest absolute Gasteiger partial charge is 0.327 e. The van der Waals surface area contributed by atoms with Gasteiger partial charge in [0.25, 0.3) is 5.69 Å². The molecule has 0 aliphatic carbocycles. The molecule has 0 amide bonds. The number of aliphatic carboxylic acids is 1. The minimum Gasteiger partial charge on any atom is -0.478 e. The van der Waals surface area contributed by atoms with Gasteiger partial charge in [0, 0.05) is 17.7 Å². The number of benzene rings is 1. The zero-order valence-corrected chi connectivity index (χ0v) is 8.21. The van der Waals surface area contributed by atoms with Crippen molar-refractivity contribution < 1.29 is 14.8 Å². The van der Waals surface area contributed by atoms with Gasteiger partial charge in [-0.2, -0.15) is 0 Å². The Morgan fingerprint density at radius 3 is 2.27 bits per heavy atom. The lowest BCUT2D eigenvalue weighted by molar-refractivity contribution is -0.385. The molecule has 0 fully saturated rings. The summed E-state index contributed by atoms with van der Waals surface area (Å²) >= 11 is 0. The average Bonchev–Trinajstić information content (AvgIpc) is 2.19. The van der Waals surface area contributed by atoms with E-state index < -0.39 is 5.97 Å². The zero-order valence-electron chi connectivity index (χ0n) is 8.21. The van der Waals surface area contributed by atoms with E-state index in [4.69, 9.17) is 5.11 Å². The molecule has 15 heavy (non-hydrogen) atoms. The fourth-order valence-corrected chi connectivity index (χ4v) is 0.768. The molecule has 1 aromatic rings. The second-order valence-electron chi connectivity index (χ2n) is 2.59. The van der Waals surface area contributed by atoms with Crippen LogP contribution in [0.15, 0.2) is 36.9 Å². The minimum atomic E-state index is -0.981. The van der Waals surface area contributed by atoms with Gasteiger partial charge >= 0.3 is 5.97 Å². The first-order valence-electron chi connectivity index (χ1n) is 4.04. The molecule has 5 heteroatoms. The molecule has 80 valence electrons. The summed E-state index contributed by atoms with van der Waals surface area (Å²) in [6.07, 6.45) is 0.833. The zero-order chi connectivity index (χ0) is 11.8. The van der Waals surface area contributed by atoms with Gasteiger partial charge in [-0.25, -0.2) is 4.79 Å². The maximum atomic E-state index is 10.2. The number of carbonyl (C=O) groups is 1. The van der Waals surface area contributed by atoms with E-state index in [9.17, 15) is 14.9 Å². The van der Waals surface area contributed by atoms with Gasteiger partial charge in [0.1, 0.15) is 0 Å². The lowest BCUT2D eigenvalue weighted by Crippen LogP contribution is -1.89. The Morgan fingerprint density at radius 1 is 1.53 bits per heavy atom. The molecular formula is C10H11NO4. The number of nitrogens with zero attached hydrogens (tertiary/aromatic N) is 1. The average molecular weight is 209 g/mol. The third-order valence-electron chi connectivity index (χ3n) is 1.49. The van der Waals surface area contributed by atoms with E-state index in [1.54, 1.807) is 25.1 Å². The molecule has 0 spiro atoms. The van der Waals surface area contributed by atoms with Crippen LogP contribution in [-0.2, 0) is 4.79 Å². The van der Waals surface area contributed by atoms with Crippen molar-refractivity contribution in [3.63, 3.8) is 0 Å². The Balaban J connectivity index is 0.000000336. The van der Waals surface area contributed by atoms with Crippen molar-refractivity contribution in [2.24, 2.45) is 0 Å². The standard InChI is InChI=1S/C7H7NO2.C3H4O2/c1-6-4-2-3-5-7(6)8(9)10;1-2-3(4)5/h2-5H,1H3;2H,1H2,(H,4,5). The summed E-state index contributed by atoms with van der Waals surface area (Å²) in [5.74, 6) is -0.981. The van der Waals surface area contributed by atoms with Crippen molar-refractivity contribution >= 4 is 11.7 Å². The minimum absolute atomic E-state index is 0.183. The predicted molar refractivity (Wildman–Crippen MR) is 55.7 cm³/mol. The van der Waals surface area contributed by atoms with Crippen LogP contribution < -0.4 is 0 Å². The molecular weight excluding hydrogens is 198 g/mol. The molecule has 0 bridgehead atoms. The molecule has 0 unspecified atom stereocenters. The highest BCUT2D eigenvalue weighted by Gasteiger charge is 2.05. The summed E-state index contributed by atoms with van der Waals surface area (Å²) in [5.41, 5.74) is 0.884. The van der Waals surface area contributed by atoms with Crippen LogP contribution in [0.1, 0.15) is 5.56 Å². The molecule has 0 atom stereocenters. The lowest BCUT2D eigenvalue weighted by Gasteiger charge is -1.92. The van der Waals surface area contributed by atoms with Gasteiger partial charge in [0.15, 0.2) is 0 Å². The second-order valence-corrected chi connectivity index (χ2v) is 2.59. The first-order valence-corrected chi connectivity index (χ1v) is 4.04. The van der Waals surface area contributed by atoms with Crippen LogP contribution in [0.5, 0.6) is 0 Å². The number of rotatable bonds is 2. The van der Waals surface area contributed by atoms with Crippen molar-refractivity contribution in [1.82, 2.24) is 0 Å². The van der Waals surface area contributed by atoms with Crippen LogP contribution in [0.25, 0.3) is 0 Å². The van der Waals surface area contributed by atoms with E-state index in [2.05, 4.69) is 6.58 Å². The van der Waals surface area contributed by atoms with Crippen molar-refractivity contribution in [1.29, 1.82) is 0 Å². The van der Waals surface area contributed by atoms with Gasteiger partial charge in [0.2, 0.25) is 0 Å². The third kappa shape index (κ3) is 5.20. The quantitative estimate of drug-likeness (QED) is 0.459. The highest BCUT2D eigenvalue weighted by molar-refractivity contribution is 5.78. The number of carboxylic acid groups (broad SMARTS) is 1. The highest BCUT2D eigenvalue weighted by atomic mass is 16.6. The number of carboxylic acids is 1. The van der Waals surface area contributed by atoms with Gasteiger partial charge in [0.05, 0.1) is 4.92 Å². The van der Waals surface area contributed by atoms with Crippen molar-refractivity contribution in [2.45, 2.75) is 6.92 Å². The van der Waals surface area contributed by atoms with E-state index in [1.807, 2.05) is 0 Å². The molecule has 0 saturated carbocycles. The molecule has 0 aliphatic heterocycles. The van der Waals surface area contributed by atoms with Gasteiger partial charge in [-0.15, -0.1) is 0 Å². The maximum absolute atomic E-state index is 10.2. The fraction of sp³-hybridized carbons (Fsp3) is 0.100. The Bertz CT molecular complexity index is 373. The number of nitro groups is 1. The van der Waals surface area contributed by atoms with Gasteiger partial charge in [-0.3, -0.25) is 10.1 Å².